The first-order chi connectivity index (χ1) is 15.4. The molecule has 1 N–H and O–H groups in total. The first kappa shape index (κ1) is 21.6. The Morgan fingerprint density at radius 2 is 2.00 bits per heavy atom. The number of ether oxygens (including phenoxy) is 1. The minimum absolute atomic E-state index is 0.0295. The predicted molar refractivity (Wildman–Crippen MR) is 111 cm³/mol. The van der Waals surface area contributed by atoms with Gasteiger partial charge in [-0.15, -0.1) is 0 Å². The molecule has 0 aliphatic rings. The van der Waals surface area contributed by atoms with E-state index in [1.807, 2.05) is 0 Å². The highest BCUT2D eigenvalue weighted by molar-refractivity contribution is 5.77. The first-order valence-corrected chi connectivity index (χ1v) is 9.82. The molecule has 0 fully saturated rings. The summed E-state index contributed by atoms with van der Waals surface area (Å²) in [5.41, 5.74) is 2.36. The summed E-state index contributed by atoms with van der Waals surface area (Å²) in [6.45, 7) is -0.935. The molecule has 168 valence electrons. The van der Waals surface area contributed by atoms with E-state index < -0.39 is 18.5 Å². The van der Waals surface area contributed by atoms with Crippen molar-refractivity contribution >= 4 is 11.5 Å². The fourth-order valence-electron chi connectivity index (χ4n) is 3.44. The lowest BCUT2D eigenvalue weighted by Crippen LogP contribution is -2.24. The summed E-state index contributed by atoms with van der Waals surface area (Å²) in [6.07, 6.45) is 6.84. The molecule has 32 heavy (non-hydrogen) atoms. The second-order valence-corrected chi connectivity index (χ2v) is 7.18. The van der Waals surface area contributed by atoms with E-state index in [0.29, 0.717) is 18.0 Å². The maximum absolute atomic E-state index is 13.9. The van der Waals surface area contributed by atoms with Crippen LogP contribution in [0.15, 0.2) is 49.1 Å². The average Bonchev–Trinajstić information content (AvgIpc) is 3.40. The maximum Gasteiger partial charge on any atom is 0.387 e. The van der Waals surface area contributed by atoms with Gasteiger partial charge in [-0.3, -0.25) is 4.68 Å². The summed E-state index contributed by atoms with van der Waals surface area (Å²) in [7, 11) is 1.73. The number of rotatable bonds is 8. The number of benzene rings is 1. The molecule has 0 saturated carbocycles. The molecule has 1 aromatic carbocycles. The molecule has 0 saturated heterocycles. The SMILES string of the molecule is CC(c1cc(F)ccc1OC(F)F)N(C)c1ccn2ncc(-c3cnn(CCO)c3)c2n1. The van der Waals surface area contributed by atoms with Crippen molar-refractivity contribution in [3.05, 3.63) is 60.4 Å². The highest BCUT2D eigenvalue weighted by atomic mass is 19.3. The van der Waals surface area contributed by atoms with Crippen molar-refractivity contribution in [2.45, 2.75) is 26.1 Å². The van der Waals surface area contributed by atoms with Crippen molar-refractivity contribution in [3.8, 4) is 16.9 Å². The monoisotopic (exact) mass is 446 g/mol. The third-order valence-electron chi connectivity index (χ3n) is 5.21. The Bertz CT molecular complexity index is 1230. The van der Waals surface area contributed by atoms with Crippen LogP contribution in [-0.2, 0) is 6.54 Å². The van der Waals surface area contributed by atoms with Crippen LogP contribution < -0.4 is 9.64 Å². The summed E-state index contributed by atoms with van der Waals surface area (Å²) >= 11 is 0. The summed E-state index contributed by atoms with van der Waals surface area (Å²) in [4.78, 5) is 6.42. The van der Waals surface area contributed by atoms with Crippen LogP contribution in [0.2, 0.25) is 0 Å². The van der Waals surface area contributed by atoms with Gasteiger partial charge in [0.05, 0.1) is 31.6 Å². The molecule has 11 heteroatoms. The second-order valence-electron chi connectivity index (χ2n) is 7.18. The number of halogens is 3. The van der Waals surface area contributed by atoms with Crippen LogP contribution >= 0.6 is 0 Å². The normalized spacial score (nSPS) is 12.5. The number of aliphatic hydroxyl groups excluding tert-OH is 1. The molecule has 4 aromatic rings. The van der Waals surface area contributed by atoms with E-state index in [1.54, 1.807) is 58.9 Å². The molecule has 0 aliphatic carbocycles. The molecule has 3 aromatic heterocycles. The van der Waals surface area contributed by atoms with Crippen LogP contribution in [0.1, 0.15) is 18.5 Å². The van der Waals surface area contributed by atoms with Crippen LogP contribution in [0.3, 0.4) is 0 Å². The molecule has 3 heterocycles. The lowest BCUT2D eigenvalue weighted by molar-refractivity contribution is -0.0506. The molecule has 1 unspecified atom stereocenters. The Kier molecular flexibility index (Phi) is 5.99. The van der Waals surface area contributed by atoms with E-state index in [1.165, 1.54) is 12.1 Å². The van der Waals surface area contributed by atoms with Crippen molar-refractivity contribution < 1.29 is 23.0 Å². The number of aliphatic hydroxyl groups is 1. The van der Waals surface area contributed by atoms with Crippen molar-refractivity contribution in [3.63, 3.8) is 0 Å². The highest BCUT2D eigenvalue weighted by Gasteiger charge is 2.21. The molecule has 4 rings (SSSR count). The lowest BCUT2D eigenvalue weighted by Gasteiger charge is -2.27. The summed E-state index contributed by atoms with van der Waals surface area (Å²) in [6, 6.07) is 4.65. The van der Waals surface area contributed by atoms with Gasteiger partial charge >= 0.3 is 6.61 Å². The molecule has 0 radical (unpaired) electrons. The number of anilines is 1. The van der Waals surface area contributed by atoms with Crippen LogP contribution in [0.5, 0.6) is 5.75 Å². The fourth-order valence-corrected chi connectivity index (χ4v) is 3.44. The molecule has 0 aliphatic heterocycles. The summed E-state index contributed by atoms with van der Waals surface area (Å²) < 4.78 is 47.3. The third kappa shape index (κ3) is 4.24. The Morgan fingerprint density at radius 1 is 1.19 bits per heavy atom. The van der Waals surface area contributed by atoms with E-state index in [-0.39, 0.29) is 17.9 Å². The first-order valence-electron chi connectivity index (χ1n) is 9.82. The van der Waals surface area contributed by atoms with E-state index in [9.17, 15) is 13.2 Å². The van der Waals surface area contributed by atoms with E-state index in [0.717, 1.165) is 17.2 Å². The van der Waals surface area contributed by atoms with Gasteiger partial charge in [0.2, 0.25) is 0 Å². The molecule has 0 bridgehead atoms. The van der Waals surface area contributed by atoms with Crippen LogP contribution in [0.25, 0.3) is 16.8 Å². The molecular weight excluding hydrogens is 425 g/mol. The van der Waals surface area contributed by atoms with Gasteiger partial charge in [0.1, 0.15) is 17.4 Å². The maximum atomic E-state index is 13.9. The van der Waals surface area contributed by atoms with Gasteiger partial charge in [0.25, 0.3) is 0 Å². The van der Waals surface area contributed by atoms with Crippen molar-refractivity contribution in [2.24, 2.45) is 0 Å². The zero-order valence-electron chi connectivity index (χ0n) is 17.4. The fraction of sp³-hybridized carbons (Fsp3) is 0.286. The second kappa shape index (κ2) is 8.87. The van der Waals surface area contributed by atoms with Crippen LogP contribution in [-0.4, -0.2) is 49.8 Å². The zero-order valence-corrected chi connectivity index (χ0v) is 17.4. The number of hydrogen-bond acceptors (Lipinski definition) is 6. The Hall–Kier alpha value is -3.60. The molecule has 0 spiro atoms. The predicted octanol–water partition coefficient (Wildman–Crippen LogP) is 3.52. The minimum atomic E-state index is -3.02. The third-order valence-corrected chi connectivity index (χ3v) is 5.21. The van der Waals surface area contributed by atoms with Gasteiger partial charge < -0.3 is 14.7 Å². The van der Waals surface area contributed by atoms with Crippen molar-refractivity contribution in [1.82, 2.24) is 24.4 Å². The van der Waals surface area contributed by atoms with Gasteiger partial charge in [-0.05, 0) is 31.2 Å². The molecule has 1 atom stereocenters. The molecule has 8 nitrogen and oxygen atoms in total. The summed E-state index contributed by atoms with van der Waals surface area (Å²) in [5, 5.41) is 17.6. The zero-order chi connectivity index (χ0) is 22.8. The van der Waals surface area contributed by atoms with Gasteiger partial charge in [-0.1, -0.05) is 0 Å². The van der Waals surface area contributed by atoms with Crippen LogP contribution in [0, 0.1) is 5.82 Å². The lowest BCUT2D eigenvalue weighted by atomic mass is 10.1. The number of aromatic nitrogens is 5. The smallest absolute Gasteiger partial charge is 0.387 e. The largest absolute Gasteiger partial charge is 0.434 e. The van der Waals surface area contributed by atoms with Crippen molar-refractivity contribution in [2.75, 3.05) is 18.6 Å². The van der Waals surface area contributed by atoms with Crippen LogP contribution in [0.4, 0.5) is 19.0 Å². The number of fused-ring (bicyclic) bond motifs is 1. The average molecular weight is 446 g/mol. The van der Waals surface area contributed by atoms with Gasteiger partial charge in [-0.2, -0.15) is 19.0 Å². The Balaban J connectivity index is 1.68. The quantitative estimate of drug-likeness (QED) is 0.446. The molecule has 0 amide bonds. The number of alkyl halides is 2. The highest BCUT2D eigenvalue weighted by Crippen LogP contribution is 2.33. The number of hydrogen-bond donors (Lipinski definition) is 1. The standard InChI is InChI=1S/C21H21F3N6O2/c1-13(16-9-15(22)3-4-18(16)32-21(23)24)28(2)19-5-6-30-20(27-19)17(11-26-30)14-10-25-29(12-14)7-8-31/h3-6,9-13,21,31H,7-8H2,1-2H3. The van der Waals surface area contributed by atoms with Gasteiger partial charge in [0.15, 0.2) is 5.65 Å². The van der Waals surface area contributed by atoms with E-state index in [4.69, 9.17) is 5.11 Å². The van der Waals surface area contributed by atoms with E-state index in [2.05, 4.69) is 19.9 Å². The number of nitrogens with zero attached hydrogens (tertiary/aromatic N) is 6. The van der Waals surface area contributed by atoms with E-state index >= 15 is 0 Å². The Morgan fingerprint density at radius 3 is 2.75 bits per heavy atom. The molecular formula is C21H21F3N6O2. The summed E-state index contributed by atoms with van der Waals surface area (Å²) in [5.74, 6) is -0.117. The Labute approximate surface area is 181 Å². The topological polar surface area (TPSA) is 80.7 Å². The van der Waals surface area contributed by atoms with Gasteiger partial charge in [-0.25, -0.2) is 13.9 Å². The van der Waals surface area contributed by atoms with Gasteiger partial charge in [0, 0.05) is 36.1 Å². The minimum Gasteiger partial charge on any atom is -0.434 e. The van der Waals surface area contributed by atoms with Crippen molar-refractivity contribution in [1.29, 1.82) is 0 Å².